The van der Waals surface area contributed by atoms with E-state index in [2.05, 4.69) is 59.7 Å². The molecule has 2 saturated heterocycles. The third-order valence-corrected chi connectivity index (χ3v) is 24.7. The summed E-state index contributed by atoms with van der Waals surface area (Å²) in [6.45, 7) is 3.23. The highest BCUT2D eigenvalue weighted by Crippen LogP contribution is 2.51. The van der Waals surface area contributed by atoms with Gasteiger partial charge in [0.15, 0.2) is 29.1 Å². The van der Waals surface area contributed by atoms with Gasteiger partial charge in [0.2, 0.25) is 65.6 Å². The van der Waals surface area contributed by atoms with E-state index < -0.39 is 271 Å². The van der Waals surface area contributed by atoms with Gasteiger partial charge >= 0.3 is 5.97 Å². The monoisotopic (exact) mass is 1900 g/mol. The van der Waals surface area contributed by atoms with Gasteiger partial charge < -0.3 is 158 Å². The molecule has 8 heterocycles. The number of aliphatic hydroxyl groups is 7. The first-order valence-corrected chi connectivity index (χ1v) is 44.8. The Balaban J connectivity index is 1.04. The number of nitrogens with one attached hydrogen (secondary N) is 9. The first-order valence-electron chi connectivity index (χ1n) is 44.1. The number of halogens is 2. The number of likely N-dealkylation sites (N-methyl/N-ethyl adjacent to an activating group) is 1. The van der Waals surface area contributed by atoms with Gasteiger partial charge in [-0.2, -0.15) is 0 Å². The van der Waals surface area contributed by atoms with Crippen molar-refractivity contribution in [2.24, 2.45) is 11.5 Å². The largest absolute Gasteiger partial charge is 0.508 e. The molecule has 0 saturated carbocycles. The lowest BCUT2D eigenvalue weighted by Gasteiger charge is -2.41. The molecule has 8 amide bonds. The Morgan fingerprint density at radius 1 is 0.545 bits per heavy atom. The number of carbonyl (C=O) groups is 9. The van der Waals surface area contributed by atoms with Crippen molar-refractivity contribution >= 4 is 76.4 Å². The number of hydrogen-bond donors (Lipinski definition) is 22. The molecule has 0 spiro atoms. The number of aromatic hydroxyl groups is 4. The van der Waals surface area contributed by atoms with Gasteiger partial charge in [-0.1, -0.05) is 105 Å². The Bertz CT molecular complexity index is 5440. The fraction of sp³-hybridized carbons (Fsp3) is 0.446. The van der Waals surface area contributed by atoms with Crippen molar-refractivity contribution in [3.63, 3.8) is 0 Å². The average molecular weight is 1900 g/mol. The minimum Gasteiger partial charge on any atom is -0.508 e. The van der Waals surface area contributed by atoms with Crippen LogP contribution < -0.4 is 83.0 Å². The zero-order valence-corrected chi connectivity index (χ0v) is 74.7. The van der Waals surface area contributed by atoms with E-state index in [4.69, 9.17) is 72.6 Å². The average Bonchev–Trinajstić information content (AvgIpc) is 0.783. The predicted octanol–water partition coefficient (Wildman–Crippen LogP) is 3.45. The number of hydrogen-bond acceptors (Lipinski definition) is 32. The zero-order valence-electron chi connectivity index (χ0n) is 73.2. The van der Waals surface area contributed by atoms with E-state index in [9.17, 15) is 70.6 Å². The molecule has 42 heteroatoms. The minimum atomic E-state index is -2.45. The molecule has 7 aromatic carbocycles. The van der Waals surface area contributed by atoms with Crippen molar-refractivity contribution in [1.29, 1.82) is 0 Å². The highest BCUT2D eigenvalue weighted by molar-refractivity contribution is 6.33. The maximum absolute atomic E-state index is 16.9. The number of phenols is 4. The second-order valence-electron chi connectivity index (χ2n) is 33.4. The number of fused-ring (bicyclic) bond motifs is 14. The molecule has 0 aromatic heterocycles. The second-order valence-corrected chi connectivity index (χ2v) is 34.2. The summed E-state index contributed by atoms with van der Waals surface area (Å²) in [5.41, 5.74) is 9.12. The SMILES string of the molecule is CCCCCCCCCCC(=O)N[C@H]1[C@H](Oc2c3cc4cc2Oc2ccc(cc2Cl)[C@@H](O)[C@@H]2NC(=O)[C@H](NC(=O)[C@@H]4NC(=O)[C@H]4NC(=O)[C@@H](Cc5ccc(cc5)O3)NC(=O)[C@H](NC)c3ccc(O)c(c3)Oc3cc(O)c(Cl)c4c3)c3ccc(O)c(c3)-c3c(O[C@H]4O[C@H](CO)[C@@H](O)[C@H](O)[C@@H]4O)cc(O)cc3[C@H](C(=O)NCCCN(CCCN)CCCN)NC2=O)O[C@H](C(=O)OC)[C@@H](O)[C@@H]1O. The Morgan fingerprint density at radius 3 is 1.87 bits per heavy atom. The predicted molar refractivity (Wildman–Crippen MR) is 477 cm³/mol. The van der Waals surface area contributed by atoms with Gasteiger partial charge in [-0.15, -0.1) is 0 Å². The van der Waals surface area contributed by atoms with Crippen LogP contribution in [0.4, 0.5) is 0 Å². The van der Waals surface area contributed by atoms with Crippen LogP contribution in [0.2, 0.25) is 10.0 Å². The first-order chi connectivity index (χ1) is 64.3. The van der Waals surface area contributed by atoms with Crippen LogP contribution in [0.5, 0.6) is 69.0 Å². The lowest BCUT2D eigenvalue weighted by atomic mass is 9.89. The lowest BCUT2D eigenvalue weighted by molar-refractivity contribution is -0.277. The zero-order chi connectivity index (χ0) is 96.0. The van der Waals surface area contributed by atoms with Crippen molar-refractivity contribution in [1.82, 2.24) is 52.8 Å². The van der Waals surface area contributed by atoms with Crippen LogP contribution in [0.25, 0.3) is 11.1 Å². The van der Waals surface area contributed by atoms with E-state index in [0.29, 0.717) is 64.0 Å². The Morgan fingerprint density at radius 2 is 1.18 bits per heavy atom. The maximum Gasteiger partial charge on any atom is 0.337 e. The number of methoxy groups -OCH3 is 1. The second kappa shape index (κ2) is 44.9. The van der Waals surface area contributed by atoms with Crippen LogP contribution in [0, 0.1) is 0 Å². The smallest absolute Gasteiger partial charge is 0.337 e. The normalized spacial score (nSPS) is 25.2. The molecular formula is C92H110Cl2N12O28. The van der Waals surface area contributed by atoms with Crippen molar-refractivity contribution in [2.45, 2.75) is 200 Å². The van der Waals surface area contributed by atoms with E-state index in [0.717, 1.165) is 112 Å². The van der Waals surface area contributed by atoms with E-state index in [1.165, 1.54) is 55.6 Å². The van der Waals surface area contributed by atoms with Gasteiger partial charge in [0.1, 0.15) is 131 Å². The Kier molecular flexibility index (Phi) is 33.4. The van der Waals surface area contributed by atoms with Crippen LogP contribution in [-0.4, -0.2) is 248 Å². The number of nitrogens with two attached hydrogens (primary N) is 2. The van der Waals surface area contributed by atoms with Crippen molar-refractivity contribution < 1.29 is 137 Å². The molecule has 17 bridgehead atoms. The van der Waals surface area contributed by atoms with Crippen LogP contribution >= 0.6 is 23.2 Å². The third kappa shape index (κ3) is 23.0. The van der Waals surface area contributed by atoms with Crippen LogP contribution in [0.3, 0.4) is 0 Å². The van der Waals surface area contributed by atoms with Crippen LogP contribution in [0.15, 0.2) is 115 Å². The third-order valence-electron chi connectivity index (χ3n) is 24.0. The van der Waals surface area contributed by atoms with E-state index >= 15 is 28.8 Å². The van der Waals surface area contributed by atoms with Gasteiger partial charge in [0, 0.05) is 48.2 Å². The molecule has 24 N–H and O–H groups in total. The molecule has 7 aromatic rings. The highest BCUT2D eigenvalue weighted by Gasteiger charge is 2.52. The molecule has 40 nitrogen and oxygen atoms in total. The van der Waals surface area contributed by atoms with Crippen molar-refractivity contribution in [3.05, 3.63) is 164 Å². The maximum atomic E-state index is 16.9. The molecular weight excluding hydrogens is 1790 g/mol. The number of unbranched alkanes of at least 4 members (excludes halogenated alkanes) is 7. The number of rotatable bonds is 28. The Hall–Kier alpha value is -12.0. The molecule has 134 heavy (non-hydrogen) atoms. The molecule has 0 radical (unpaired) electrons. The summed E-state index contributed by atoms with van der Waals surface area (Å²) >= 11 is 14.4. The number of esters is 1. The molecule has 15 rings (SSSR count). The summed E-state index contributed by atoms with van der Waals surface area (Å²) in [5, 5.41) is 152. The molecule has 8 aliphatic heterocycles. The summed E-state index contributed by atoms with van der Waals surface area (Å²) in [6, 6.07) is 5.95. The van der Waals surface area contributed by atoms with E-state index in [-0.39, 0.29) is 47.8 Å². The van der Waals surface area contributed by atoms with Gasteiger partial charge in [0.25, 0.3) is 0 Å². The summed E-state index contributed by atoms with van der Waals surface area (Å²) in [6.07, 6.45) is -13.0. The summed E-state index contributed by atoms with van der Waals surface area (Å²) < 4.78 is 50.1. The lowest BCUT2D eigenvalue weighted by Crippen LogP contribution is -2.66. The minimum absolute atomic E-state index is 0.122. The Labute approximate surface area is 778 Å². The number of nitrogens with zero attached hydrogens (tertiary/aromatic N) is 1. The standard InChI is InChI=1S/C92H110Cl2N12O28/c1-4-5-6-7-8-9-10-11-15-65(112)100-74-77(115)79(117)82(90(126)127-3)134-91(74)133-81-62-36-47-37-63(81)130-59-25-20-46(34-54(59)93)75(113)73-89(125)104-71(84(120)98-28-14-31-106(29-12-26-95)30-13-27-96)52-38-48(108)39-61(131-92-80(118)78(116)76(114)64(42-107)132-92)66(52)51-33-44(18-23-56(51)109)69(86(122)105-73)101-87(123)70(47)102-88(124)72-53-40-50(41-58(111)67(53)94)129-60-35-45(19-24-57(60)110)68(97-2)85(121)99-55(83(119)103-72)32-43-16-21-49(128-62)22-17-43/h16-25,33-41,55,64,68-80,82,91-92,97,107-111,113-118H,4-15,26-32,42,95-96H2,1-3H3,(H,98,120)(H,99,121)(H,100,112)(H,101,123)(H,102,124)(H,103,119)(H,104,125)(H,105,122)/t55-,64-,68-,69-,70-,71-,72+,73+,74-,75-,76-,77-,78+,79+,80+,82+,91-,92+/m1/s1. The molecule has 0 aliphatic carbocycles. The summed E-state index contributed by atoms with van der Waals surface area (Å²) in [4.78, 5) is 142. The number of phenolic OH excluding ortho intramolecular Hbond substituents is 4. The van der Waals surface area contributed by atoms with Gasteiger partial charge in [-0.3, -0.25) is 38.4 Å². The first kappa shape index (κ1) is 99.5. The summed E-state index contributed by atoms with van der Waals surface area (Å²) in [7, 11) is 2.40. The van der Waals surface area contributed by atoms with E-state index in [1.807, 2.05) is 0 Å². The van der Waals surface area contributed by atoms with Crippen molar-refractivity contribution in [2.75, 3.05) is 60.0 Å². The van der Waals surface area contributed by atoms with Crippen LogP contribution in [0.1, 0.15) is 159 Å². The highest BCUT2D eigenvalue weighted by atomic mass is 35.5. The van der Waals surface area contributed by atoms with Gasteiger partial charge in [-0.25, -0.2) is 4.79 Å². The van der Waals surface area contributed by atoms with E-state index in [1.54, 1.807) is 0 Å². The topological polar surface area (TPSA) is 614 Å². The van der Waals surface area contributed by atoms with Crippen molar-refractivity contribution in [3.8, 4) is 80.1 Å². The number of amides is 8. The number of carbonyl (C=O) groups excluding carboxylic acids is 9. The number of ether oxygens (including phenoxy) is 8. The number of aliphatic hydroxyl groups excluding tert-OH is 7. The number of benzene rings is 7. The van der Waals surface area contributed by atoms with Gasteiger partial charge in [-0.05, 0) is 172 Å². The molecule has 18 atom stereocenters. The molecule has 720 valence electrons. The summed E-state index contributed by atoms with van der Waals surface area (Å²) in [5.74, 6) is -17.2. The fourth-order valence-electron chi connectivity index (χ4n) is 16.8. The molecule has 2 fully saturated rings. The fourth-order valence-corrected chi connectivity index (χ4v) is 17.2. The van der Waals surface area contributed by atoms with Crippen LogP contribution in [-0.2, 0) is 63.8 Å². The van der Waals surface area contributed by atoms with Gasteiger partial charge in [0.05, 0.1) is 23.8 Å². The molecule has 8 aliphatic rings. The quantitative estimate of drug-likeness (QED) is 0.0247. The molecule has 0 unspecified atom stereocenters.